The molecule has 2 atom stereocenters. The third-order valence-corrected chi connectivity index (χ3v) is 2.73. The van der Waals surface area contributed by atoms with Crippen LogP contribution in [0, 0.1) is 11.3 Å². The Morgan fingerprint density at radius 1 is 1.32 bits per heavy atom. The fourth-order valence-corrected chi connectivity index (χ4v) is 1.63. The minimum Gasteiger partial charge on any atom is -0.381 e. The maximum Gasteiger partial charge on any atom is 0.250 e. The summed E-state index contributed by atoms with van der Waals surface area (Å²) in [6.07, 6.45) is -0.513. The molecule has 19 heavy (non-hydrogen) atoms. The molecule has 5 nitrogen and oxygen atoms in total. The molecule has 2 unspecified atom stereocenters. The fourth-order valence-electron chi connectivity index (χ4n) is 1.63. The van der Waals surface area contributed by atoms with E-state index in [1.807, 2.05) is 34.6 Å². The first kappa shape index (κ1) is 17.9. The van der Waals surface area contributed by atoms with Crippen LogP contribution in [0.3, 0.4) is 0 Å². The van der Waals surface area contributed by atoms with Gasteiger partial charge in [0.25, 0.3) is 5.91 Å². The largest absolute Gasteiger partial charge is 0.381 e. The Balaban J connectivity index is 4.54. The summed E-state index contributed by atoms with van der Waals surface area (Å²) < 4.78 is 0. The lowest BCUT2D eigenvalue weighted by atomic mass is 9.95. The van der Waals surface area contributed by atoms with Crippen LogP contribution >= 0.6 is 0 Å². The van der Waals surface area contributed by atoms with Crippen LogP contribution in [0.1, 0.15) is 41.5 Å². The second kappa shape index (κ2) is 7.48. The minimum atomic E-state index is -1.20. The first-order valence-electron chi connectivity index (χ1n) is 6.75. The smallest absolute Gasteiger partial charge is 0.250 e. The highest BCUT2D eigenvalue weighted by Crippen LogP contribution is 2.17. The molecule has 2 N–H and O–H groups in total. The molecule has 0 fully saturated rings. The van der Waals surface area contributed by atoms with E-state index < -0.39 is 18.1 Å². The third-order valence-electron chi connectivity index (χ3n) is 2.73. The molecule has 5 heteroatoms. The maximum absolute atomic E-state index is 11.8. The van der Waals surface area contributed by atoms with E-state index in [0.29, 0.717) is 25.4 Å². The first-order chi connectivity index (χ1) is 8.58. The molecule has 0 aromatic carbocycles. The van der Waals surface area contributed by atoms with Crippen LogP contribution in [0.25, 0.3) is 0 Å². The molecular weight excluding hydrogens is 244 g/mol. The quantitative estimate of drug-likeness (QED) is 0.680. The third kappa shape index (κ3) is 7.15. The Bertz CT molecular complexity index is 298. The van der Waals surface area contributed by atoms with Crippen LogP contribution in [-0.4, -0.2) is 47.6 Å². The average molecular weight is 272 g/mol. The van der Waals surface area contributed by atoms with E-state index in [4.69, 9.17) is 0 Å². The highest BCUT2D eigenvalue weighted by molar-refractivity contribution is 5.81. The topological polar surface area (TPSA) is 69.6 Å². The van der Waals surface area contributed by atoms with Crippen LogP contribution in [0.2, 0.25) is 0 Å². The van der Waals surface area contributed by atoms with Crippen LogP contribution in [0.15, 0.2) is 0 Å². The van der Waals surface area contributed by atoms with E-state index in [1.54, 1.807) is 6.92 Å². The summed E-state index contributed by atoms with van der Waals surface area (Å²) in [6, 6.07) is -0.538. The molecule has 0 aromatic rings. The van der Waals surface area contributed by atoms with Gasteiger partial charge in [0.2, 0.25) is 6.41 Å². The van der Waals surface area contributed by atoms with E-state index in [1.165, 1.54) is 4.90 Å². The number of aliphatic hydroxyl groups excluding tert-OH is 1. The molecule has 0 heterocycles. The van der Waals surface area contributed by atoms with Crippen LogP contribution in [0.5, 0.6) is 0 Å². The number of aliphatic hydroxyl groups is 1. The first-order valence-corrected chi connectivity index (χ1v) is 6.75. The highest BCUT2D eigenvalue weighted by atomic mass is 16.3. The summed E-state index contributed by atoms with van der Waals surface area (Å²) in [6.45, 7) is 12.7. The number of nitrogens with zero attached hydrogens (tertiary/aromatic N) is 1. The molecule has 0 bridgehead atoms. The number of hydrogen-bond acceptors (Lipinski definition) is 3. The average Bonchev–Trinajstić information content (AvgIpc) is 2.29. The molecule has 0 aromatic heterocycles. The number of carbonyl (C=O) groups is 2. The highest BCUT2D eigenvalue weighted by Gasteiger charge is 2.29. The molecule has 0 radical (unpaired) electrons. The van der Waals surface area contributed by atoms with E-state index in [2.05, 4.69) is 5.32 Å². The van der Waals surface area contributed by atoms with Gasteiger partial charge in [0, 0.05) is 13.1 Å². The summed E-state index contributed by atoms with van der Waals surface area (Å²) in [5.41, 5.74) is -0.0801. The van der Waals surface area contributed by atoms with Gasteiger partial charge >= 0.3 is 0 Å². The number of nitrogens with one attached hydrogen (secondary N) is 1. The zero-order valence-corrected chi connectivity index (χ0v) is 12.9. The van der Waals surface area contributed by atoms with Gasteiger partial charge in [0.15, 0.2) is 6.10 Å². The van der Waals surface area contributed by atoms with Gasteiger partial charge in [-0.2, -0.15) is 0 Å². The molecule has 0 aliphatic carbocycles. The standard InChI is InChI=1S/C14H28N2O3/c1-10(2)7-15-13(19)12(18)11(3)16(9-17)8-14(4,5)6/h9-12,18H,7-8H2,1-6H3,(H,15,19). The van der Waals surface area contributed by atoms with Crippen LogP contribution in [0.4, 0.5) is 0 Å². The summed E-state index contributed by atoms with van der Waals surface area (Å²) in [7, 11) is 0. The second-order valence-electron chi connectivity index (χ2n) is 6.66. The van der Waals surface area contributed by atoms with Gasteiger partial charge in [-0.3, -0.25) is 9.59 Å². The summed E-state index contributed by atoms with van der Waals surface area (Å²) in [4.78, 5) is 24.3. The lowest BCUT2D eigenvalue weighted by molar-refractivity contribution is -0.136. The Kier molecular flexibility index (Phi) is 7.05. The molecule has 0 saturated carbocycles. The Morgan fingerprint density at radius 3 is 2.21 bits per heavy atom. The molecule has 0 aliphatic rings. The van der Waals surface area contributed by atoms with Gasteiger partial charge in [-0.1, -0.05) is 34.6 Å². The zero-order chi connectivity index (χ0) is 15.2. The van der Waals surface area contributed by atoms with Crippen LogP contribution < -0.4 is 5.32 Å². The zero-order valence-electron chi connectivity index (χ0n) is 12.9. The van der Waals surface area contributed by atoms with Gasteiger partial charge < -0.3 is 15.3 Å². The summed E-state index contributed by atoms with van der Waals surface area (Å²) in [5, 5.41) is 12.7. The fraction of sp³-hybridized carbons (Fsp3) is 0.857. The second-order valence-corrected chi connectivity index (χ2v) is 6.66. The van der Waals surface area contributed by atoms with Gasteiger partial charge in [-0.25, -0.2) is 0 Å². The van der Waals surface area contributed by atoms with Crippen molar-refractivity contribution in [1.82, 2.24) is 10.2 Å². The van der Waals surface area contributed by atoms with E-state index in [9.17, 15) is 14.7 Å². The number of rotatable bonds is 7. The predicted molar refractivity (Wildman–Crippen MR) is 75.5 cm³/mol. The maximum atomic E-state index is 11.8. The molecular formula is C14H28N2O3. The Hall–Kier alpha value is -1.10. The van der Waals surface area contributed by atoms with Gasteiger partial charge in [-0.05, 0) is 18.3 Å². The SMILES string of the molecule is CC(C)CNC(=O)C(O)C(C)N(C=O)CC(C)(C)C. The van der Waals surface area contributed by atoms with Gasteiger partial charge in [-0.15, -0.1) is 0 Å². The molecule has 112 valence electrons. The van der Waals surface area contributed by atoms with Crippen molar-refractivity contribution in [2.75, 3.05) is 13.1 Å². The number of hydrogen-bond donors (Lipinski definition) is 2. The van der Waals surface area contributed by atoms with Crippen molar-refractivity contribution in [1.29, 1.82) is 0 Å². The monoisotopic (exact) mass is 272 g/mol. The molecule has 0 saturated heterocycles. The van der Waals surface area contributed by atoms with Gasteiger partial charge in [0.1, 0.15) is 0 Å². The van der Waals surface area contributed by atoms with Crippen LogP contribution in [-0.2, 0) is 9.59 Å². The van der Waals surface area contributed by atoms with Crippen molar-refractivity contribution in [2.45, 2.75) is 53.7 Å². The van der Waals surface area contributed by atoms with E-state index in [-0.39, 0.29) is 5.41 Å². The molecule has 0 rings (SSSR count). The van der Waals surface area contributed by atoms with Crippen molar-refractivity contribution < 1.29 is 14.7 Å². The van der Waals surface area contributed by atoms with Crippen molar-refractivity contribution in [3.05, 3.63) is 0 Å². The van der Waals surface area contributed by atoms with Crippen molar-refractivity contribution in [2.24, 2.45) is 11.3 Å². The Morgan fingerprint density at radius 2 is 1.84 bits per heavy atom. The molecule has 0 spiro atoms. The summed E-state index contributed by atoms with van der Waals surface area (Å²) in [5.74, 6) is -0.106. The van der Waals surface area contributed by atoms with Crippen molar-refractivity contribution in [3.8, 4) is 0 Å². The lowest BCUT2D eigenvalue weighted by Gasteiger charge is -2.33. The normalized spacial score (nSPS) is 14.9. The summed E-state index contributed by atoms with van der Waals surface area (Å²) >= 11 is 0. The Labute approximate surface area is 116 Å². The van der Waals surface area contributed by atoms with Crippen molar-refractivity contribution in [3.63, 3.8) is 0 Å². The number of amides is 2. The predicted octanol–water partition coefficient (Wildman–Crippen LogP) is 1.01. The lowest BCUT2D eigenvalue weighted by Crippen LogP contribution is -2.51. The molecule has 0 aliphatic heterocycles. The van der Waals surface area contributed by atoms with Crippen molar-refractivity contribution >= 4 is 12.3 Å². The number of carbonyl (C=O) groups excluding carboxylic acids is 2. The van der Waals surface area contributed by atoms with E-state index in [0.717, 1.165) is 0 Å². The van der Waals surface area contributed by atoms with E-state index >= 15 is 0 Å². The molecule has 2 amide bonds. The minimum absolute atomic E-state index is 0.0801. The van der Waals surface area contributed by atoms with Gasteiger partial charge in [0.05, 0.1) is 6.04 Å².